The largest absolute Gasteiger partial charge is 0.269 e. The van der Waals surface area contributed by atoms with Crippen LogP contribution in [0.3, 0.4) is 0 Å². The highest BCUT2D eigenvalue weighted by Gasteiger charge is 2.01. The van der Waals surface area contributed by atoms with Gasteiger partial charge in [0, 0.05) is 18.1 Å². The van der Waals surface area contributed by atoms with E-state index in [9.17, 15) is 0 Å². The van der Waals surface area contributed by atoms with Gasteiger partial charge >= 0.3 is 0 Å². The minimum absolute atomic E-state index is 0.892. The standard InChI is InChI=1S/C5H6N4S/c1-2-9-3-4-5(7-9)10-8-6-4/h3H,2H2,1H3. The van der Waals surface area contributed by atoms with E-state index in [1.165, 1.54) is 11.5 Å². The fraction of sp³-hybridized carbons (Fsp3) is 0.400. The molecule has 2 aromatic heterocycles. The molecule has 0 N–H and O–H groups in total. The number of hydrogen-bond donors (Lipinski definition) is 0. The maximum absolute atomic E-state index is 4.20. The Kier molecular flexibility index (Phi) is 1.17. The Labute approximate surface area is 61.6 Å². The fourth-order valence-corrected chi connectivity index (χ4v) is 1.33. The Morgan fingerprint density at radius 1 is 1.70 bits per heavy atom. The molecule has 0 aliphatic carbocycles. The summed E-state index contributed by atoms with van der Waals surface area (Å²) in [5.41, 5.74) is 0.895. The van der Waals surface area contributed by atoms with Gasteiger partial charge in [-0.1, -0.05) is 4.49 Å². The zero-order valence-electron chi connectivity index (χ0n) is 5.48. The van der Waals surface area contributed by atoms with Gasteiger partial charge in [0.1, 0.15) is 5.52 Å². The first-order valence-corrected chi connectivity index (χ1v) is 3.83. The van der Waals surface area contributed by atoms with Crippen LogP contribution in [-0.2, 0) is 6.54 Å². The van der Waals surface area contributed by atoms with Crippen LogP contribution in [0.25, 0.3) is 10.3 Å². The zero-order valence-corrected chi connectivity index (χ0v) is 6.30. The number of aromatic nitrogens is 4. The molecule has 0 atom stereocenters. The molecule has 4 nitrogen and oxygen atoms in total. The van der Waals surface area contributed by atoms with E-state index in [1.54, 1.807) is 0 Å². The van der Waals surface area contributed by atoms with Gasteiger partial charge in [-0.3, -0.25) is 4.68 Å². The van der Waals surface area contributed by atoms with Crippen LogP contribution in [-0.4, -0.2) is 19.4 Å². The average molecular weight is 154 g/mol. The number of aryl methyl sites for hydroxylation is 1. The van der Waals surface area contributed by atoms with Crippen molar-refractivity contribution < 1.29 is 0 Å². The normalized spacial score (nSPS) is 10.9. The van der Waals surface area contributed by atoms with E-state index in [1.807, 2.05) is 17.8 Å². The summed E-state index contributed by atoms with van der Waals surface area (Å²) in [6.45, 7) is 2.94. The second-order valence-corrected chi connectivity index (χ2v) is 2.68. The van der Waals surface area contributed by atoms with Gasteiger partial charge in [-0.2, -0.15) is 5.10 Å². The van der Waals surface area contributed by atoms with E-state index in [-0.39, 0.29) is 0 Å². The van der Waals surface area contributed by atoms with Crippen LogP contribution >= 0.6 is 11.5 Å². The Morgan fingerprint density at radius 3 is 3.30 bits per heavy atom. The van der Waals surface area contributed by atoms with E-state index in [4.69, 9.17) is 0 Å². The topological polar surface area (TPSA) is 43.6 Å². The van der Waals surface area contributed by atoms with Gasteiger partial charge in [-0.25, -0.2) is 0 Å². The zero-order chi connectivity index (χ0) is 6.97. The van der Waals surface area contributed by atoms with Crippen molar-refractivity contribution in [2.45, 2.75) is 13.5 Å². The lowest BCUT2D eigenvalue weighted by molar-refractivity contribution is 0.668. The summed E-state index contributed by atoms with van der Waals surface area (Å²) < 4.78 is 5.61. The molecule has 0 aliphatic heterocycles. The maximum Gasteiger partial charge on any atom is 0.185 e. The van der Waals surface area contributed by atoms with Crippen LogP contribution in [0, 0.1) is 0 Å². The van der Waals surface area contributed by atoms with Gasteiger partial charge in [0.25, 0.3) is 0 Å². The minimum atomic E-state index is 0.892. The van der Waals surface area contributed by atoms with Crippen LogP contribution < -0.4 is 0 Å². The Morgan fingerprint density at radius 2 is 2.60 bits per heavy atom. The van der Waals surface area contributed by atoms with Gasteiger partial charge < -0.3 is 0 Å². The lowest BCUT2D eigenvalue weighted by Gasteiger charge is -1.88. The smallest absolute Gasteiger partial charge is 0.185 e. The monoisotopic (exact) mass is 154 g/mol. The van der Waals surface area contributed by atoms with Gasteiger partial charge in [0.05, 0.1) is 6.20 Å². The molecule has 0 bridgehead atoms. The molecule has 0 radical (unpaired) electrons. The highest BCUT2D eigenvalue weighted by Crippen LogP contribution is 2.11. The maximum atomic E-state index is 4.20. The van der Waals surface area contributed by atoms with Crippen molar-refractivity contribution in [1.82, 2.24) is 19.4 Å². The molecule has 0 unspecified atom stereocenters. The molecule has 0 spiro atoms. The molecule has 0 aliphatic rings. The molecular weight excluding hydrogens is 148 g/mol. The molecule has 10 heavy (non-hydrogen) atoms. The van der Waals surface area contributed by atoms with Gasteiger partial charge in [-0.05, 0) is 6.92 Å². The number of nitrogens with zero attached hydrogens (tertiary/aromatic N) is 4. The molecule has 2 rings (SSSR count). The molecule has 0 amide bonds. The van der Waals surface area contributed by atoms with Gasteiger partial charge in [0.2, 0.25) is 0 Å². The summed E-state index contributed by atoms with van der Waals surface area (Å²) in [7, 11) is 0. The summed E-state index contributed by atoms with van der Waals surface area (Å²) >= 11 is 1.33. The van der Waals surface area contributed by atoms with Crippen LogP contribution in [0.5, 0.6) is 0 Å². The molecule has 2 heterocycles. The van der Waals surface area contributed by atoms with Crippen LogP contribution in [0.2, 0.25) is 0 Å². The predicted molar refractivity (Wildman–Crippen MR) is 38.9 cm³/mol. The average Bonchev–Trinajstić information content (AvgIpc) is 2.42. The van der Waals surface area contributed by atoms with Crippen molar-refractivity contribution in [3.05, 3.63) is 6.20 Å². The third kappa shape index (κ3) is 0.706. The van der Waals surface area contributed by atoms with Crippen LogP contribution in [0.1, 0.15) is 6.92 Å². The van der Waals surface area contributed by atoms with E-state index >= 15 is 0 Å². The lowest BCUT2D eigenvalue weighted by Crippen LogP contribution is -1.92. The third-order valence-electron chi connectivity index (χ3n) is 1.31. The second kappa shape index (κ2) is 2.02. The molecule has 0 aromatic carbocycles. The number of hydrogen-bond acceptors (Lipinski definition) is 4. The van der Waals surface area contributed by atoms with Crippen molar-refractivity contribution in [2.75, 3.05) is 0 Å². The molecule has 52 valence electrons. The van der Waals surface area contributed by atoms with Gasteiger partial charge in [0.15, 0.2) is 4.83 Å². The van der Waals surface area contributed by atoms with E-state index < -0.39 is 0 Å². The summed E-state index contributed by atoms with van der Waals surface area (Å²) in [5.74, 6) is 0. The molecule has 0 fully saturated rings. The first kappa shape index (κ1) is 5.79. The molecule has 2 aromatic rings. The van der Waals surface area contributed by atoms with Crippen molar-refractivity contribution in [2.24, 2.45) is 0 Å². The van der Waals surface area contributed by atoms with E-state index in [0.29, 0.717) is 0 Å². The molecule has 5 heteroatoms. The molecular formula is C5H6N4S. The van der Waals surface area contributed by atoms with E-state index in [0.717, 1.165) is 16.9 Å². The predicted octanol–water partition coefficient (Wildman–Crippen LogP) is 0.908. The lowest BCUT2D eigenvalue weighted by atomic mass is 10.6. The van der Waals surface area contributed by atoms with Crippen LogP contribution in [0.4, 0.5) is 0 Å². The van der Waals surface area contributed by atoms with Gasteiger partial charge in [-0.15, -0.1) is 5.10 Å². The second-order valence-electron chi connectivity index (χ2n) is 1.95. The Bertz CT molecular complexity index is 307. The summed E-state index contributed by atoms with van der Waals surface area (Å²) in [6, 6.07) is 0. The first-order chi connectivity index (χ1) is 4.90. The van der Waals surface area contributed by atoms with Crippen molar-refractivity contribution in [3.63, 3.8) is 0 Å². The third-order valence-corrected chi connectivity index (χ3v) is 1.94. The van der Waals surface area contributed by atoms with Crippen molar-refractivity contribution >= 4 is 21.9 Å². The van der Waals surface area contributed by atoms with E-state index in [2.05, 4.69) is 14.7 Å². The number of fused-ring (bicyclic) bond motifs is 1. The Hall–Kier alpha value is -0.970. The van der Waals surface area contributed by atoms with Crippen molar-refractivity contribution in [3.8, 4) is 0 Å². The summed E-state index contributed by atoms with van der Waals surface area (Å²) in [6.07, 6.45) is 1.90. The fourth-order valence-electron chi connectivity index (χ4n) is 0.792. The summed E-state index contributed by atoms with van der Waals surface area (Å²) in [5, 5.41) is 8.07. The highest BCUT2D eigenvalue weighted by atomic mass is 32.1. The Balaban J connectivity index is 2.67. The SMILES string of the molecule is CCn1cc2nnsc2n1. The number of rotatable bonds is 1. The first-order valence-electron chi connectivity index (χ1n) is 3.05. The molecule has 0 saturated heterocycles. The molecule has 0 saturated carbocycles. The van der Waals surface area contributed by atoms with Crippen molar-refractivity contribution in [1.29, 1.82) is 0 Å². The van der Waals surface area contributed by atoms with Crippen LogP contribution in [0.15, 0.2) is 6.20 Å². The minimum Gasteiger partial charge on any atom is -0.269 e. The summed E-state index contributed by atoms with van der Waals surface area (Å²) in [4.78, 5) is 0.918. The highest BCUT2D eigenvalue weighted by molar-refractivity contribution is 7.12. The quantitative estimate of drug-likeness (QED) is 0.613.